The molecule has 0 spiro atoms. The number of hydrogen-bond donors (Lipinski definition) is 0. The molecule has 0 fully saturated rings. The lowest BCUT2D eigenvalue weighted by atomic mass is 9.73. The third kappa shape index (κ3) is 6.28. The molecule has 4 nitrogen and oxygen atoms in total. The van der Waals surface area contributed by atoms with Crippen molar-refractivity contribution in [1.82, 2.24) is 0 Å². The molecule has 3 aromatic carbocycles. The van der Waals surface area contributed by atoms with E-state index in [9.17, 15) is 9.59 Å². The van der Waals surface area contributed by atoms with E-state index in [1.807, 2.05) is 37.3 Å². The van der Waals surface area contributed by atoms with Gasteiger partial charge in [-0.15, -0.1) is 0 Å². The van der Waals surface area contributed by atoms with Crippen molar-refractivity contribution >= 4 is 17.5 Å². The fraction of sp³-hybridized carbons (Fsp3) is 0.257. The minimum Gasteiger partial charge on any atom is -0.463 e. The Bertz CT molecular complexity index is 1370. The first-order chi connectivity index (χ1) is 18.8. The van der Waals surface area contributed by atoms with E-state index in [-0.39, 0.29) is 13.2 Å². The molecule has 0 amide bonds. The molecule has 4 rings (SSSR count). The molecule has 1 atom stereocenters. The monoisotopic (exact) mass is 520 g/mol. The first-order valence-corrected chi connectivity index (χ1v) is 13.5. The topological polar surface area (TPSA) is 52.6 Å². The van der Waals surface area contributed by atoms with Crippen LogP contribution in [0.25, 0.3) is 5.57 Å². The van der Waals surface area contributed by atoms with Gasteiger partial charge in [0.2, 0.25) is 0 Å². The fourth-order valence-corrected chi connectivity index (χ4v) is 5.04. The summed E-state index contributed by atoms with van der Waals surface area (Å²) in [6.45, 7) is 10.2. The van der Waals surface area contributed by atoms with Crippen LogP contribution < -0.4 is 0 Å². The highest BCUT2D eigenvalue weighted by molar-refractivity contribution is 6.03. The third-order valence-electron chi connectivity index (χ3n) is 7.03. The molecule has 1 aliphatic carbocycles. The van der Waals surface area contributed by atoms with Gasteiger partial charge in [0, 0.05) is 12.3 Å². The van der Waals surface area contributed by atoms with Crippen LogP contribution in [-0.2, 0) is 19.1 Å². The molecule has 0 aromatic heterocycles. The van der Waals surface area contributed by atoms with E-state index in [0.29, 0.717) is 17.6 Å². The van der Waals surface area contributed by atoms with Crippen molar-refractivity contribution in [2.75, 3.05) is 13.2 Å². The van der Waals surface area contributed by atoms with Gasteiger partial charge in [-0.05, 0) is 68.5 Å². The summed E-state index contributed by atoms with van der Waals surface area (Å²) in [5.41, 5.74) is 9.20. The predicted molar refractivity (Wildman–Crippen MR) is 156 cm³/mol. The maximum atomic E-state index is 13.5. The summed E-state index contributed by atoms with van der Waals surface area (Å²) in [4.78, 5) is 26.7. The lowest BCUT2D eigenvalue weighted by molar-refractivity contribution is -0.142. The van der Waals surface area contributed by atoms with Crippen molar-refractivity contribution < 1.29 is 19.1 Å². The van der Waals surface area contributed by atoms with E-state index < -0.39 is 17.9 Å². The Labute approximate surface area is 231 Å². The van der Waals surface area contributed by atoms with E-state index in [0.717, 1.165) is 33.4 Å². The van der Waals surface area contributed by atoms with Crippen LogP contribution in [0, 0.1) is 13.8 Å². The maximum absolute atomic E-state index is 13.5. The van der Waals surface area contributed by atoms with Crippen molar-refractivity contribution in [3.05, 3.63) is 135 Å². The average Bonchev–Trinajstić information content (AvgIpc) is 2.94. The minimum atomic E-state index is -0.486. The Morgan fingerprint density at radius 1 is 0.744 bits per heavy atom. The molecule has 0 heterocycles. The Balaban J connectivity index is 1.99. The van der Waals surface area contributed by atoms with Crippen molar-refractivity contribution in [3.8, 4) is 0 Å². The number of rotatable bonds is 8. The van der Waals surface area contributed by atoms with Gasteiger partial charge in [0.15, 0.2) is 0 Å². The quantitative estimate of drug-likeness (QED) is 0.286. The second-order valence-corrected chi connectivity index (χ2v) is 9.88. The zero-order chi connectivity index (χ0) is 27.9. The largest absolute Gasteiger partial charge is 0.463 e. The number of benzene rings is 3. The second kappa shape index (κ2) is 12.6. The van der Waals surface area contributed by atoms with E-state index in [1.165, 1.54) is 11.1 Å². The molecule has 0 saturated carbocycles. The SMILES string of the molecule is CCOC(=O)C1=C(C(=O)OCC)C(c2ccccc2)C(C=C(c2ccc(C)cc2)c2ccc(C)cc2)=C(C)C1. The molecule has 0 saturated heterocycles. The number of hydrogen-bond acceptors (Lipinski definition) is 4. The summed E-state index contributed by atoms with van der Waals surface area (Å²) in [6, 6.07) is 26.8. The van der Waals surface area contributed by atoms with Gasteiger partial charge in [-0.1, -0.05) is 95.6 Å². The van der Waals surface area contributed by atoms with Crippen LogP contribution in [0.5, 0.6) is 0 Å². The Hall–Kier alpha value is -4.18. The normalized spacial score (nSPS) is 15.2. The van der Waals surface area contributed by atoms with Gasteiger partial charge in [0.25, 0.3) is 0 Å². The molecule has 1 aliphatic rings. The Morgan fingerprint density at radius 2 is 1.26 bits per heavy atom. The van der Waals surface area contributed by atoms with Crippen molar-refractivity contribution in [2.45, 2.75) is 47.0 Å². The highest BCUT2D eigenvalue weighted by atomic mass is 16.5. The Kier molecular flexibility index (Phi) is 8.98. The predicted octanol–water partition coefficient (Wildman–Crippen LogP) is 7.66. The number of esters is 2. The summed E-state index contributed by atoms with van der Waals surface area (Å²) in [7, 11) is 0. The van der Waals surface area contributed by atoms with Gasteiger partial charge in [0.05, 0.1) is 24.4 Å². The van der Waals surface area contributed by atoms with Crippen molar-refractivity contribution in [3.63, 3.8) is 0 Å². The van der Waals surface area contributed by atoms with Crippen molar-refractivity contribution in [2.24, 2.45) is 0 Å². The van der Waals surface area contributed by atoms with Crippen LogP contribution in [0.2, 0.25) is 0 Å². The Morgan fingerprint density at radius 3 is 1.77 bits per heavy atom. The fourth-order valence-electron chi connectivity index (χ4n) is 5.04. The van der Waals surface area contributed by atoms with Gasteiger partial charge in [-0.25, -0.2) is 9.59 Å². The van der Waals surface area contributed by atoms with Crippen LogP contribution in [-0.4, -0.2) is 25.2 Å². The van der Waals surface area contributed by atoms with Crippen LogP contribution in [0.1, 0.15) is 60.9 Å². The van der Waals surface area contributed by atoms with E-state index in [4.69, 9.17) is 9.47 Å². The zero-order valence-corrected chi connectivity index (χ0v) is 23.4. The lowest BCUT2D eigenvalue weighted by Crippen LogP contribution is -2.26. The van der Waals surface area contributed by atoms with E-state index in [2.05, 4.69) is 68.5 Å². The highest BCUT2D eigenvalue weighted by Gasteiger charge is 2.37. The van der Waals surface area contributed by atoms with Crippen LogP contribution >= 0.6 is 0 Å². The first-order valence-electron chi connectivity index (χ1n) is 13.5. The van der Waals surface area contributed by atoms with Crippen LogP contribution in [0.15, 0.2) is 107 Å². The number of carbonyl (C=O) groups excluding carboxylic acids is 2. The van der Waals surface area contributed by atoms with Crippen LogP contribution in [0.4, 0.5) is 0 Å². The van der Waals surface area contributed by atoms with Gasteiger partial charge in [-0.3, -0.25) is 0 Å². The third-order valence-corrected chi connectivity index (χ3v) is 7.03. The molecule has 0 N–H and O–H groups in total. The average molecular weight is 521 g/mol. The molecular weight excluding hydrogens is 484 g/mol. The van der Waals surface area contributed by atoms with Crippen LogP contribution in [0.3, 0.4) is 0 Å². The molecule has 1 unspecified atom stereocenters. The molecule has 39 heavy (non-hydrogen) atoms. The van der Waals surface area contributed by atoms with Gasteiger partial charge in [0.1, 0.15) is 0 Å². The smallest absolute Gasteiger partial charge is 0.335 e. The zero-order valence-electron chi connectivity index (χ0n) is 23.4. The van der Waals surface area contributed by atoms with Gasteiger partial charge >= 0.3 is 11.9 Å². The number of carbonyl (C=O) groups is 2. The summed E-state index contributed by atoms with van der Waals surface area (Å²) >= 11 is 0. The minimum absolute atomic E-state index is 0.214. The number of allylic oxidation sites excluding steroid dienone is 3. The first kappa shape index (κ1) is 27.8. The molecule has 0 bridgehead atoms. The molecule has 3 aromatic rings. The molecule has 0 radical (unpaired) electrons. The number of aryl methyl sites for hydroxylation is 2. The second-order valence-electron chi connectivity index (χ2n) is 9.88. The molecule has 200 valence electrons. The van der Waals surface area contributed by atoms with E-state index >= 15 is 0 Å². The molecular formula is C35H36O4. The maximum Gasteiger partial charge on any atom is 0.335 e. The highest BCUT2D eigenvalue weighted by Crippen LogP contribution is 2.44. The molecule has 0 aliphatic heterocycles. The van der Waals surface area contributed by atoms with Crippen molar-refractivity contribution in [1.29, 1.82) is 0 Å². The summed E-state index contributed by atoms with van der Waals surface area (Å²) in [5, 5.41) is 0. The number of ether oxygens (including phenoxy) is 2. The summed E-state index contributed by atoms with van der Waals surface area (Å²) < 4.78 is 10.9. The van der Waals surface area contributed by atoms with Gasteiger partial charge in [-0.2, -0.15) is 0 Å². The lowest BCUT2D eigenvalue weighted by Gasteiger charge is -2.30. The summed E-state index contributed by atoms with van der Waals surface area (Å²) in [6.07, 6.45) is 2.50. The molecule has 4 heteroatoms. The summed E-state index contributed by atoms with van der Waals surface area (Å²) in [5.74, 6) is -1.44. The van der Waals surface area contributed by atoms with E-state index in [1.54, 1.807) is 13.8 Å². The van der Waals surface area contributed by atoms with Gasteiger partial charge < -0.3 is 9.47 Å². The standard InChI is InChI=1S/C35H36O4/c1-6-38-34(36)31-21-25(5)29(32(28-11-9-8-10-12-28)33(31)35(37)39-7-2)22-30(26-17-13-23(3)14-18-26)27-19-15-24(4)16-20-27/h8-20,22,32H,6-7,21H2,1-5H3.